The van der Waals surface area contributed by atoms with Gasteiger partial charge in [-0.05, 0) is 28.5 Å². The van der Waals surface area contributed by atoms with Gasteiger partial charge in [0, 0.05) is 4.70 Å². The average Bonchev–Trinajstić information content (AvgIpc) is 2.58. The van der Waals surface area contributed by atoms with E-state index in [0.29, 0.717) is 10.8 Å². The first-order valence-corrected chi connectivity index (χ1v) is 5.36. The monoisotopic (exact) mass is 228 g/mol. The van der Waals surface area contributed by atoms with Crippen LogP contribution in [0.15, 0.2) is 17.5 Å². The first-order valence-electron chi connectivity index (χ1n) is 4.10. The Hall–Kier alpha value is -0.770. The molecule has 0 amide bonds. The van der Waals surface area contributed by atoms with Gasteiger partial charge in [0.05, 0.1) is 18.7 Å². The van der Waals surface area contributed by atoms with Gasteiger partial charge in [-0.15, -0.1) is 11.3 Å². The van der Waals surface area contributed by atoms with Crippen molar-refractivity contribution in [1.29, 1.82) is 0 Å². The molecule has 0 aliphatic rings. The molecule has 0 bridgehead atoms. The third-order valence-corrected chi connectivity index (χ3v) is 3.39. The van der Waals surface area contributed by atoms with Crippen molar-refractivity contribution in [2.75, 3.05) is 7.11 Å². The first-order chi connectivity index (χ1) is 6.76. The SMILES string of the molecule is COc1cc2scc(CO)c2cc1Cl. The molecule has 0 unspecified atom stereocenters. The quantitative estimate of drug-likeness (QED) is 0.856. The molecular weight excluding hydrogens is 220 g/mol. The highest BCUT2D eigenvalue weighted by Crippen LogP contribution is 2.34. The molecule has 14 heavy (non-hydrogen) atoms. The molecule has 1 heterocycles. The second-order valence-corrected chi connectivity index (χ2v) is 4.22. The Labute approximate surface area is 90.7 Å². The van der Waals surface area contributed by atoms with E-state index in [9.17, 15) is 0 Å². The van der Waals surface area contributed by atoms with E-state index in [2.05, 4.69) is 0 Å². The highest BCUT2D eigenvalue weighted by atomic mass is 35.5. The topological polar surface area (TPSA) is 29.5 Å². The van der Waals surface area contributed by atoms with Crippen LogP contribution in [0.1, 0.15) is 5.56 Å². The summed E-state index contributed by atoms with van der Waals surface area (Å²) in [6.45, 7) is 0.0443. The van der Waals surface area contributed by atoms with Gasteiger partial charge in [-0.1, -0.05) is 11.6 Å². The first kappa shape index (κ1) is 9.77. The number of rotatable bonds is 2. The van der Waals surface area contributed by atoms with Crippen LogP contribution in [-0.2, 0) is 6.61 Å². The van der Waals surface area contributed by atoms with Crippen LogP contribution in [0.4, 0.5) is 0 Å². The van der Waals surface area contributed by atoms with Crippen molar-refractivity contribution in [2.24, 2.45) is 0 Å². The van der Waals surface area contributed by atoms with E-state index in [-0.39, 0.29) is 6.61 Å². The Morgan fingerprint density at radius 1 is 1.50 bits per heavy atom. The number of hydrogen-bond donors (Lipinski definition) is 1. The molecule has 0 saturated heterocycles. The number of methoxy groups -OCH3 is 1. The molecule has 0 aliphatic carbocycles. The number of fused-ring (bicyclic) bond motifs is 1. The van der Waals surface area contributed by atoms with E-state index >= 15 is 0 Å². The third kappa shape index (κ3) is 1.47. The summed E-state index contributed by atoms with van der Waals surface area (Å²) in [4.78, 5) is 0. The van der Waals surface area contributed by atoms with Gasteiger partial charge in [-0.3, -0.25) is 0 Å². The third-order valence-electron chi connectivity index (χ3n) is 2.10. The summed E-state index contributed by atoms with van der Waals surface area (Å²) in [7, 11) is 1.59. The zero-order valence-electron chi connectivity index (χ0n) is 7.58. The van der Waals surface area contributed by atoms with Gasteiger partial charge in [0.25, 0.3) is 0 Å². The number of hydrogen-bond acceptors (Lipinski definition) is 3. The van der Waals surface area contributed by atoms with Gasteiger partial charge in [0.2, 0.25) is 0 Å². The summed E-state index contributed by atoms with van der Waals surface area (Å²) in [5, 5.41) is 12.6. The maximum Gasteiger partial charge on any atom is 0.138 e. The number of thiophene rings is 1. The lowest BCUT2D eigenvalue weighted by atomic mass is 10.2. The summed E-state index contributed by atoms with van der Waals surface area (Å²) in [5.41, 5.74) is 0.912. The molecule has 0 spiro atoms. The Bertz CT molecular complexity index is 464. The minimum atomic E-state index is 0.0443. The zero-order valence-corrected chi connectivity index (χ0v) is 9.15. The van der Waals surface area contributed by atoms with Crippen LogP contribution in [-0.4, -0.2) is 12.2 Å². The summed E-state index contributed by atoms with van der Waals surface area (Å²) < 4.78 is 6.19. The van der Waals surface area contributed by atoms with Crippen LogP contribution in [0, 0.1) is 0 Å². The van der Waals surface area contributed by atoms with E-state index < -0.39 is 0 Å². The number of aliphatic hydroxyl groups excluding tert-OH is 1. The van der Waals surface area contributed by atoms with Crippen molar-refractivity contribution in [2.45, 2.75) is 6.61 Å². The second-order valence-electron chi connectivity index (χ2n) is 2.90. The molecule has 0 atom stereocenters. The summed E-state index contributed by atoms with van der Waals surface area (Å²) in [6.07, 6.45) is 0. The number of aliphatic hydroxyl groups is 1. The van der Waals surface area contributed by atoms with Crippen molar-refractivity contribution in [3.05, 3.63) is 28.1 Å². The molecule has 1 N–H and O–H groups in total. The van der Waals surface area contributed by atoms with E-state index in [1.54, 1.807) is 18.4 Å². The van der Waals surface area contributed by atoms with Crippen molar-refractivity contribution in [3.63, 3.8) is 0 Å². The Balaban J connectivity index is 2.69. The molecule has 2 nitrogen and oxygen atoms in total. The second kappa shape index (κ2) is 3.77. The van der Waals surface area contributed by atoms with Crippen LogP contribution >= 0.6 is 22.9 Å². The van der Waals surface area contributed by atoms with Crippen LogP contribution in [0.3, 0.4) is 0 Å². The number of benzene rings is 1. The minimum Gasteiger partial charge on any atom is -0.495 e. The molecule has 74 valence electrons. The van der Waals surface area contributed by atoms with Crippen LogP contribution in [0.5, 0.6) is 5.75 Å². The van der Waals surface area contributed by atoms with Gasteiger partial charge in [-0.2, -0.15) is 0 Å². The zero-order chi connectivity index (χ0) is 10.1. The Morgan fingerprint density at radius 3 is 2.93 bits per heavy atom. The molecule has 2 aromatic rings. The molecule has 1 aromatic carbocycles. The average molecular weight is 229 g/mol. The lowest BCUT2D eigenvalue weighted by Gasteiger charge is -2.02. The number of halogens is 1. The fourth-order valence-electron chi connectivity index (χ4n) is 1.36. The molecule has 4 heteroatoms. The van der Waals surface area contributed by atoms with Gasteiger partial charge >= 0.3 is 0 Å². The van der Waals surface area contributed by atoms with E-state index in [1.807, 2.05) is 17.5 Å². The standard InChI is InChI=1S/C10H9ClO2S/c1-13-9-3-10-7(2-8(9)11)6(4-12)5-14-10/h2-3,5,12H,4H2,1H3. The summed E-state index contributed by atoms with van der Waals surface area (Å²) in [5.74, 6) is 0.672. The molecular formula is C10H9ClO2S. The smallest absolute Gasteiger partial charge is 0.138 e. The fourth-order valence-corrected chi connectivity index (χ4v) is 2.56. The molecule has 2 rings (SSSR count). The minimum absolute atomic E-state index is 0.0443. The van der Waals surface area contributed by atoms with Gasteiger partial charge in [-0.25, -0.2) is 0 Å². The van der Waals surface area contributed by atoms with Gasteiger partial charge < -0.3 is 9.84 Å². The van der Waals surface area contributed by atoms with Crippen LogP contribution < -0.4 is 4.74 Å². The lowest BCUT2D eigenvalue weighted by Crippen LogP contribution is -1.84. The fraction of sp³-hybridized carbons (Fsp3) is 0.200. The van der Waals surface area contributed by atoms with Crippen LogP contribution in [0.25, 0.3) is 10.1 Å². The predicted octanol–water partition coefficient (Wildman–Crippen LogP) is 3.06. The van der Waals surface area contributed by atoms with Crippen molar-refractivity contribution >= 4 is 33.0 Å². The molecule has 1 aromatic heterocycles. The summed E-state index contributed by atoms with van der Waals surface area (Å²) in [6, 6.07) is 3.72. The van der Waals surface area contributed by atoms with Crippen LogP contribution in [0.2, 0.25) is 5.02 Å². The highest BCUT2D eigenvalue weighted by molar-refractivity contribution is 7.17. The van der Waals surface area contributed by atoms with Crippen molar-refractivity contribution in [3.8, 4) is 5.75 Å². The van der Waals surface area contributed by atoms with E-state index in [0.717, 1.165) is 15.6 Å². The molecule has 0 radical (unpaired) electrons. The largest absolute Gasteiger partial charge is 0.495 e. The van der Waals surface area contributed by atoms with E-state index in [1.165, 1.54) is 0 Å². The molecule has 0 saturated carbocycles. The van der Waals surface area contributed by atoms with Gasteiger partial charge in [0.1, 0.15) is 5.75 Å². The normalized spacial score (nSPS) is 10.8. The molecule has 0 aliphatic heterocycles. The van der Waals surface area contributed by atoms with Gasteiger partial charge in [0.15, 0.2) is 0 Å². The Kier molecular flexibility index (Phi) is 2.63. The highest BCUT2D eigenvalue weighted by Gasteiger charge is 2.08. The number of ether oxygens (including phenoxy) is 1. The van der Waals surface area contributed by atoms with Crippen molar-refractivity contribution < 1.29 is 9.84 Å². The lowest BCUT2D eigenvalue weighted by molar-refractivity contribution is 0.284. The summed E-state index contributed by atoms with van der Waals surface area (Å²) >= 11 is 7.57. The molecule has 0 fully saturated rings. The maximum atomic E-state index is 9.07. The predicted molar refractivity (Wildman–Crippen MR) is 59.3 cm³/mol. The van der Waals surface area contributed by atoms with E-state index in [4.69, 9.17) is 21.4 Å². The maximum absolute atomic E-state index is 9.07. The Morgan fingerprint density at radius 2 is 2.29 bits per heavy atom. The van der Waals surface area contributed by atoms with Crippen molar-refractivity contribution in [1.82, 2.24) is 0 Å².